The van der Waals surface area contributed by atoms with Crippen molar-refractivity contribution in [3.05, 3.63) is 71.3 Å². The molecule has 4 nitrogen and oxygen atoms in total. The number of hydrazone groups is 1. The lowest BCUT2D eigenvalue weighted by Gasteiger charge is -2.32. The first-order valence-corrected chi connectivity index (χ1v) is 7.81. The fourth-order valence-corrected chi connectivity index (χ4v) is 2.79. The van der Waals surface area contributed by atoms with Crippen LogP contribution >= 0.6 is 0 Å². The van der Waals surface area contributed by atoms with E-state index in [1.807, 2.05) is 0 Å². The zero-order valence-electron chi connectivity index (χ0n) is 13.7. The van der Waals surface area contributed by atoms with E-state index < -0.39 is 53.6 Å². The fourth-order valence-electron chi connectivity index (χ4n) is 2.79. The van der Waals surface area contributed by atoms with Gasteiger partial charge in [-0.15, -0.1) is 0 Å². The standard InChI is InChI=1S/C18H13F5N2O2/c19-12-7-4-8-13(20)16(12)14-10-17(27,18(21,22)23)25(24-14)15(26)9-11-5-2-1-3-6-11/h1-8,27H,9-10H2. The lowest BCUT2D eigenvalue weighted by Crippen LogP contribution is -2.57. The number of alkyl halides is 3. The monoisotopic (exact) mass is 384 g/mol. The van der Waals surface area contributed by atoms with Gasteiger partial charge < -0.3 is 5.11 Å². The van der Waals surface area contributed by atoms with Crippen LogP contribution in [-0.2, 0) is 11.2 Å². The number of amides is 1. The Balaban J connectivity index is 2.02. The van der Waals surface area contributed by atoms with E-state index in [2.05, 4.69) is 5.10 Å². The summed E-state index contributed by atoms with van der Waals surface area (Å²) in [4.78, 5) is 12.4. The van der Waals surface area contributed by atoms with Crippen molar-refractivity contribution in [1.82, 2.24) is 5.01 Å². The number of benzene rings is 2. The van der Waals surface area contributed by atoms with Gasteiger partial charge >= 0.3 is 6.18 Å². The van der Waals surface area contributed by atoms with Gasteiger partial charge in [0.05, 0.1) is 24.1 Å². The van der Waals surface area contributed by atoms with Crippen molar-refractivity contribution >= 4 is 11.6 Å². The molecule has 1 aliphatic heterocycles. The number of aliphatic hydroxyl groups is 1. The second-order valence-corrected chi connectivity index (χ2v) is 6.00. The van der Waals surface area contributed by atoms with Crippen molar-refractivity contribution < 1.29 is 31.9 Å². The molecule has 0 bridgehead atoms. The van der Waals surface area contributed by atoms with Crippen LogP contribution in [0.3, 0.4) is 0 Å². The number of carbonyl (C=O) groups excluding carboxylic acids is 1. The Labute approximate surface area is 150 Å². The highest BCUT2D eigenvalue weighted by Gasteiger charge is 2.63. The number of carbonyl (C=O) groups is 1. The van der Waals surface area contributed by atoms with E-state index in [9.17, 15) is 31.9 Å². The molecule has 0 saturated heterocycles. The van der Waals surface area contributed by atoms with Crippen molar-refractivity contribution in [3.63, 3.8) is 0 Å². The molecular formula is C18H13F5N2O2. The average molecular weight is 384 g/mol. The second-order valence-electron chi connectivity index (χ2n) is 6.00. The third kappa shape index (κ3) is 3.42. The smallest absolute Gasteiger partial charge is 0.362 e. The molecule has 1 heterocycles. The summed E-state index contributed by atoms with van der Waals surface area (Å²) in [6.07, 6.45) is -7.04. The van der Waals surface area contributed by atoms with Gasteiger partial charge in [0.25, 0.3) is 5.72 Å². The summed E-state index contributed by atoms with van der Waals surface area (Å²) in [6.45, 7) is 0. The molecule has 9 heteroatoms. The number of halogens is 5. The van der Waals surface area contributed by atoms with Crippen LogP contribution in [-0.4, -0.2) is 33.6 Å². The normalized spacial score (nSPS) is 19.9. The van der Waals surface area contributed by atoms with Crippen molar-refractivity contribution in [2.45, 2.75) is 24.7 Å². The highest BCUT2D eigenvalue weighted by atomic mass is 19.4. The fraction of sp³-hybridized carbons (Fsp3) is 0.222. The Morgan fingerprint density at radius 3 is 2.22 bits per heavy atom. The van der Waals surface area contributed by atoms with Gasteiger partial charge in [0, 0.05) is 0 Å². The molecule has 0 spiro atoms. The third-order valence-corrected chi connectivity index (χ3v) is 4.12. The molecule has 1 atom stereocenters. The Hall–Kier alpha value is -2.81. The molecule has 0 aromatic heterocycles. The lowest BCUT2D eigenvalue weighted by atomic mass is 9.99. The van der Waals surface area contributed by atoms with Crippen LogP contribution < -0.4 is 0 Å². The van der Waals surface area contributed by atoms with E-state index in [1.54, 1.807) is 18.2 Å². The molecule has 1 N–H and O–H groups in total. The average Bonchev–Trinajstić information content (AvgIpc) is 2.94. The highest BCUT2D eigenvalue weighted by Crippen LogP contribution is 2.42. The van der Waals surface area contributed by atoms with Gasteiger partial charge in [-0.25, -0.2) is 8.78 Å². The van der Waals surface area contributed by atoms with Crippen LogP contribution in [0.1, 0.15) is 17.5 Å². The molecule has 0 radical (unpaired) electrons. The zero-order valence-corrected chi connectivity index (χ0v) is 13.7. The SMILES string of the molecule is O=C(Cc1ccccc1)N1N=C(c2c(F)cccc2F)CC1(O)C(F)(F)F. The van der Waals surface area contributed by atoms with Crippen molar-refractivity contribution in [2.24, 2.45) is 5.10 Å². The maximum Gasteiger partial charge on any atom is 0.438 e. The minimum atomic E-state index is -5.29. The molecule has 27 heavy (non-hydrogen) atoms. The topological polar surface area (TPSA) is 52.9 Å². The van der Waals surface area contributed by atoms with Crippen molar-refractivity contribution in [2.75, 3.05) is 0 Å². The Kier molecular flexibility index (Phi) is 4.73. The highest BCUT2D eigenvalue weighted by molar-refractivity contribution is 6.04. The van der Waals surface area contributed by atoms with E-state index >= 15 is 0 Å². The summed E-state index contributed by atoms with van der Waals surface area (Å²) in [5.74, 6) is -3.45. The zero-order chi connectivity index (χ0) is 19.8. The minimum absolute atomic E-state index is 0.138. The van der Waals surface area contributed by atoms with Gasteiger partial charge in [-0.1, -0.05) is 36.4 Å². The molecule has 3 rings (SSSR count). The molecule has 1 aliphatic rings. The molecule has 1 unspecified atom stereocenters. The third-order valence-electron chi connectivity index (χ3n) is 4.12. The second kappa shape index (κ2) is 6.73. The summed E-state index contributed by atoms with van der Waals surface area (Å²) >= 11 is 0. The molecule has 2 aromatic rings. The van der Waals surface area contributed by atoms with E-state index in [1.165, 1.54) is 12.1 Å². The minimum Gasteiger partial charge on any atom is -0.362 e. The van der Waals surface area contributed by atoms with E-state index in [4.69, 9.17) is 0 Å². The van der Waals surface area contributed by atoms with Crippen molar-refractivity contribution in [1.29, 1.82) is 0 Å². The molecular weight excluding hydrogens is 371 g/mol. The van der Waals surface area contributed by atoms with Crippen LogP contribution in [0.25, 0.3) is 0 Å². The van der Waals surface area contributed by atoms with Crippen LogP contribution in [0.5, 0.6) is 0 Å². The van der Waals surface area contributed by atoms with E-state index in [0.717, 1.165) is 18.2 Å². The van der Waals surface area contributed by atoms with Gasteiger partial charge in [-0.2, -0.15) is 23.3 Å². The molecule has 142 valence electrons. The summed E-state index contributed by atoms with van der Waals surface area (Å²) < 4.78 is 68.3. The van der Waals surface area contributed by atoms with Gasteiger partial charge in [-0.3, -0.25) is 4.79 Å². The Morgan fingerprint density at radius 1 is 1.07 bits per heavy atom. The predicted molar refractivity (Wildman–Crippen MR) is 85.5 cm³/mol. The van der Waals surface area contributed by atoms with Crippen LogP contribution in [0.2, 0.25) is 0 Å². The van der Waals surface area contributed by atoms with E-state index in [0.29, 0.717) is 5.56 Å². The maximum atomic E-state index is 13.9. The first-order valence-electron chi connectivity index (χ1n) is 7.81. The number of hydrogen-bond acceptors (Lipinski definition) is 3. The van der Waals surface area contributed by atoms with Gasteiger partial charge in [0.2, 0.25) is 5.91 Å². The Bertz CT molecular complexity index is 878. The summed E-state index contributed by atoms with van der Waals surface area (Å²) in [5, 5.41) is 13.5. The van der Waals surface area contributed by atoms with Crippen molar-refractivity contribution in [3.8, 4) is 0 Å². The largest absolute Gasteiger partial charge is 0.438 e. The number of rotatable bonds is 3. The summed E-state index contributed by atoms with van der Waals surface area (Å²) in [7, 11) is 0. The van der Waals surface area contributed by atoms with Gasteiger partial charge in [-0.05, 0) is 17.7 Å². The molecule has 2 aromatic carbocycles. The van der Waals surface area contributed by atoms with Crippen LogP contribution in [0.15, 0.2) is 53.6 Å². The predicted octanol–water partition coefficient (Wildman–Crippen LogP) is 3.39. The molecule has 0 fully saturated rings. The van der Waals surface area contributed by atoms with Crippen LogP contribution in [0, 0.1) is 11.6 Å². The summed E-state index contributed by atoms with van der Waals surface area (Å²) in [6, 6.07) is 10.6. The van der Waals surface area contributed by atoms with Crippen LogP contribution in [0.4, 0.5) is 22.0 Å². The first kappa shape index (κ1) is 19.0. The lowest BCUT2D eigenvalue weighted by molar-refractivity contribution is -0.302. The maximum absolute atomic E-state index is 13.9. The number of nitrogens with zero attached hydrogens (tertiary/aromatic N) is 2. The Morgan fingerprint density at radius 2 is 1.67 bits per heavy atom. The molecule has 0 saturated carbocycles. The molecule has 0 aliphatic carbocycles. The molecule has 1 amide bonds. The van der Waals surface area contributed by atoms with Gasteiger partial charge in [0.1, 0.15) is 11.6 Å². The number of hydrogen-bond donors (Lipinski definition) is 1. The van der Waals surface area contributed by atoms with Gasteiger partial charge in [0.15, 0.2) is 0 Å². The van der Waals surface area contributed by atoms with E-state index in [-0.39, 0.29) is 5.01 Å². The quantitative estimate of drug-likeness (QED) is 0.825. The first-order chi connectivity index (χ1) is 12.6. The summed E-state index contributed by atoms with van der Waals surface area (Å²) in [5.41, 5.74) is -4.81.